The molecule has 1 heterocycles. The number of likely N-dealkylation sites (tertiary alicyclic amines) is 1. The molecule has 1 unspecified atom stereocenters. The van der Waals surface area contributed by atoms with Gasteiger partial charge in [0.2, 0.25) is 0 Å². The zero-order valence-electron chi connectivity index (χ0n) is 12.6. The second kappa shape index (κ2) is 7.55. The molecule has 1 aromatic carbocycles. The topological polar surface area (TPSA) is 40.5 Å². The number of aliphatic carboxylic acids is 1. The third-order valence-electron chi connectivity index (χ3n) is 4.48. The number of hydrogen-bond donors (Lipinski definition) is 1. The molecular weight excluding hydrogens is 269 g/mol. The van der Waals surface area contributed by atoms with Crippen LogP contribution >= 0.6 is 0 Å². The molecule has 1 aliphatic rings. The lowest BCUT2D eigenvalue weighted by Gasteiger charge is -2.36. The van der Waals surface area contributed by atoms with Crippen LogP contribution in [0.25, 0.3) is 0 Å². The summed E-state index contributed by atoms with van der Waals surface area (Å²) in [5.41, 5.74) is 1.16. The summed E-state index contributed by atoms with van der Waals surface area (Å²) in [6.45, 7) is 4.28. The summed E-state index contributed by atoms with van der Waals surface area (Å²) < 4.78 is 12.9. The van der Waals surface area contributed by atoms with E-state index in [9.17, 15) is 9.18 Å². The van der Waals surface area contributed by atoms with Gasteiger partial charge >= 0.3 is 5.97 Å². The van der Waals surface area contributed by atoms with Crippen LogP contribution in [0.1, 0.15) is 38.2 Å². The molecule has 1 fully saturated rings. The number of carboxylic acid groups (broad SMARTS) is 1. The molecule has 0 saturated carbocycles. The molecule has 0 aliphatic carbocycles. The van der Waals surface area contributed by atoms with Crippen molar-refractivity contribution < 1.29 is 14.3 Å². The van der Waals surface area contributed by atoms with Gasteiger partial charge in [0.05, 0.1) is 0 Å². The number of carboxylic acids is 1. The van der Waals surface area contributed by atoms with Gasteiger partial charge in [0.15, 0.2) is 0 Å². The Morgan fingerprint density at radius 2 is 1.95 bits per heavy atom. The maximum absolute atomic E-state index is 12.9. The first-order chi connectivity index (χ1) is 10.0. The van der Waals surface area contributed by atoms with Crippen molar-refractivity contribution in [3.63, 3.8) is 0 Å². The number of nitrogens with zero attached hydrogens (tertiary/aromatic N) is 1. The van der Waals surface area contributed by atoms with Gasteiger partial charge in [0, 0.05) is 12.5 Å². The number of hydrogen-bond acceptors (Lipinski definition) is 2. The summed E-state index contributed by atoms with van der Waals surface area (Å²) in [4.78, 5) is 13.1. The maximum Gasteiger partial charge on any atom is 0.303 e. The van der Waals surface area contributed by atoms with Crippen LogP contribution in [0, 0.1) is 11.7 Å². The van der Waals surface area contributed by atoms with Crippen molar-refractivity contribution in [1.29, 1.82) is 0 Å². The number of halogens is 1. The molecule has 0 amide bonds. The first kappa shape index (κ1) is 16.0. The standard InChI is InChI=1S/C17H24FNO2/c1-13(12-15-2-5-16(18)6-3-15)19-10-8-14(9-11-19)4-7-17(20)21/h2-3,5-6,13-14H,4,7-12H2,1H3,(H,20,21). The summed E-state index contributed by atoms with van der Waals surface area (Å²) in [5.74, 6) is -0.330. The van der Waals surface area contributed by atoms with Gasteiger partial charge in [-0.25, -0.2) is 4.39 Å². The molecule has 21 heavy (non-hydrogen) atoms. The lowest BCUT2D eigenvalue weighted by molar-refractivity contribution is -0.137. The van der Waals surface area contributed by atoms with Gasteiger partial charge in [-0.2, -0.15) is 0 Å². The van der Waals surface area contributed by atoms with E-state index in [0.29, 0.717) is 12.0 Å². The molecule has 0 aromatic heterocycles. The van der Waals surface area contributed by atoms with Crippen molar-refractivity contribution in [3.05, 3.63) is 35.6 Å². The highest BCUT2D eigenvalue weighted by Gasteiger charge is 2.23. The third kappa shape index (κ3) is 5.12. The van der Waals surface area contributed by atoms with E-state index in [1.165, 1.54) is 12.1 Å². The van der Waals surface area contributed by atoms with E-state index < -0.39 is 5.97 Å². The molecule has 0 bridgehead atoms. The SMILES string of the molecule is CC(Cc1ccc(F)cc1)N1CCC(CCC(=O)O)CC1. The monoisotopic (exact) mass is 293 g/mol. The number of benzene rings is 1. The highest BCUT2D eigenvalue weighted by atomic mass is 19.1. The fourth-order valence-corrected chi connectivity index (χ4v) is 3.10. The Morgan fingerprint density at radius 1 is 1.33 bits per heavy atom. The number of carbonyl (C=O) groups is 1. The van der Waals surface area contributed by atoms with Gasteiger partial charge in [-0.05, 0) is 69.3 Å². The zero-order chi connectivity index (χ0) is 15.2. The second-order valence-corrected chi connectivity index (χ2v) is 6.09. The molecule has 116 valence electrons. The van der Waals surface area contributed by atoms with E-state index in [-0.39, 0.29) is 12.2 Å². The Labute approximate surface area is 125 Å². The lowest BCUT2D eigenvalue weighted by Crippen LogP contribution is -2.41. The van der Waals surface area contributed by atoms with Crippen molar-refractivity contribution in [2.24, 2.45) is 5.92 Å². The smallest absolute Gasteiger partial charge is 0.303 e. The van der Waals surface area contributed by atoms with Gasteiger partial charge in [-0.3, -0.25) is 4.79 Å². The van der Waals surface area contributed by atoms with Gasteiger partial charge in [0.1, 0.15) is 5.82 Å². The van der Waals surface area contributed by atoms with Crippen LogP contribution in [0.15, 0.2) is 24.3 Å². The molecule has 4 heteroatoms. The van der Waals surface area contributed by atoms with Crippen molar-refractivity contribution in [1.82, 2.24) is 4.90 Å². The van der Waals surface area contributed by atoms with E-state index >= 15 is 0 Å². The average Bonchev–Trinajstić information content (AvgIpc) is 2.48. The Balaban J connectivity index is 1.76. The quantitative estimate of drug-likeness (QED) is 0.874. The van der Waals surface area contributed by atoms with Crippen molar-refractivity contribution in [2.75, 3.05) is 13.1 Å². The van der Waals surface area contributed by atoms with E-state index in [4.69, 9.17) is 5.11 Å². The lowest BCUT2D eigenvalue weighted by atomic mass is 9.91. The fourth-order valence-electron chi connectivity index (χ4n) is 3.10. The molecule has 1 atom stereocenters. The Hall–Kier alpha value is -1.42. The first-order valence-electron chi connectivity index (χ1n) is 7.75. The van der Waals surface area contributed by atoms with Gasteiger partial charge in [-0.15, -0.1) is 0 Å². The maximum atomic E-state index is 12.9. The molecule has 1 aliphatic heterocycles. The van der Waals surface area contributed by atoms with E-state index in [0.717, 1.165) is 44.3 Å². The summed E-state index contributed by atoms with van der Waals surface area (Å²) in [5, 5.41) is 8.73. The molecule has 1 aromatic rings. The van der Waals surface area contributed by atoms with Crippen LogP contribution in [0.3, 0.4) is 0 Å². The zero-order valence-corrected chi connectivity index (χ0v) is 12.6. The molecule has 0 spiro atoms. The summed E-state index contributed by atoms with van der Waals surface area (Å²) in [6.07, 6.45) is 4.19. The molecule has 3 nitrogen and oxygen atoms in total. The van der Waals surface area contributed by atoms with E-state index in [1.807, 2.05) is 12.1 Å². The molecule has 1 saturated heterocycles. The number of rotatable bonds is 6. The van der Waals surface area contributed by atoms with Crippen LogP contribution in [0.4, 0.5) is 4.39 Å². The summed E-state index contributed by atoms with van der Waals surface area (Å²) in [7, 11) is 0. The molecular formula is C17H24FNO2. The minimum absolute atomic E-state index is 0.189. The predicted octanol–water partition coefficient (Wildman–Crippen LogP) is 3.33. The number of piperidine rings is 1. The van der Waals surface area contributed by atoms with Crippen LogP contribution in [-0.4, -0.2) is 35.1 Å². The summed E-state index contributed by atoms with van der Waals surface area (Å²) in [6, 6.07) is 7.17. The Bertz CT molecular complexity index is 452. The van der Waals surface area contributed by atoms with E-state index in [1.54, 1.807) is 0 Å². The normalized spacial score (nSPS) is 18.6. The van der Waals surface area contributed by atoms with Crippen molar-refractivity contribution in [2.45, 2.75) is 45.1 Å². The molecule has 0 radical (unpaired) electrons. The van der Waals surface area contributed by atoms with Crippen LogP contribution in [0.5, 0.6) is 0 Å². The largest absolute Gasteiger partial charge is 0.481 e. The Morgan fingerprint density at radius 3 is 2.52 bits per heavy atom. The van der Waals surface area contributed by atoms with Gasteiger partial charge in [-0.1, -0.05) is 12.1 Å². The summed E-state index contributed by atoms with van der Waals surface area (Å²) >= 11 is 0. The molecule has 1 N–H and O–H groups in total. The van der Waals surface area contributed by atoms with Gasteiger partial charge < -0.3 is 10.0 Å². The van der Waals surface area contributed by atoms with Crippen LogP contribution < -0.4 is 0 Å². The minimum Gasteiger partial charge on any atom is -0.481 e. The van der Waals surface area contributed by atoms with Crippen molar-refractivity contribution >= 4 is 5.97 Å². The average molecular weight is 293 g/mol. The Kier molecular flexibility index (Phi) is 5.74. The van der Waals surface area contributed by atoms with E-state index in [2.05, 4.69) is 11.8 Å². The minimum atomic E-state index is -0.692. The van der Waals surface area contributed by atoms with Crippen molar-refractivity contribution in [3.8, 4) is 0 Å². The highest BCUT2D eigenvalue weighted by molar-refractivity contribution is 5.66. The van der Waals surface area contributed by atoms with Crippen LogP contribution in [-0.2, 0) is 11.2 Å². The van der Waals surface area contributed by atoms with Crippen LogP contribution in [0.2, 0.25) is 0 Å². The fraction of sp³-hybridized carbons (Fsp3) is 0.588. The first-order valence-corrected chi connectivity index (χ1v) is 7.75. The second-order valence-electron chi connectivity index (χ2n) is 6.09. The third-order valence-corrected chi connectivity index (χ3v) is 4.48. The molecule has 2 rings (SSSR count). The van der Waals surface area contributed by atoms with Gasteiger partial charge in [0.25, 0.3) is 0 Å². The predicted molar refractivity (Wildman–Crippen MR) is 80.7 cm³/mol. The highest BCUT2D eigenvalue weighted by Crippen LogP contribution is 2.24.